The van der Waals surface area contributed by atoms with Gasteiger partial charge in [0.1, 0.15) is 12.4 Å². The summed E-state index contributed by atoms with van der Waals surface area (Å²) in [4.78, 5) is 10.6. The Morgan fingerprint density at radius 3 is 2.82 bits per heavy atom. The number of benzene rings is 1. The molecule has 22 heavy (non-hydrogen) atoms. The molecule has 0 atom stereocenters. The van der Waals surface area contributed by atoms with Gasteiger partial charge in [0.05, 0.1) is 6.54 Å². The highest BCUT2D eigenvalue weighted by atomic mass is 19.4. The van der Waals surface area contributed by atoms with Gasteiger partial charge in [-0.15, -0.1) is 0 Å². The maximum absolute atomic E-state index is 11.9. The first kappa shape index (κ1) is 17.9. The zero-order chi connectivity index (χ0) is 16.4. The van der Waals surface area contributed by atoms with Crippen LogP contribution in [0.3, 0.4) is 0 Å². The smallest absolute Gasteiger partial charge is 0.471 e. The van der Waals surface area contributed by atoms with E-state index in [1.54, 1.807) is 29.6 Å². The number of nitrogens with one attached hydrogen (secondary N) is 1. The number of hydrogen-bond donors (Lipinski definition) is 2. The monoisotopic (exact) mass is 315 g/mol. The summed E-state index contributed by atoms with van der Waals surface area (Å²) in [5.41, 5.74) is 0.703. The van der Waals surface area contributed by atoms with Crippen LogP contribution in [0, 0.1) is 11.8 Å². The lowest BCUT2D eigenvalue weighted by Gasteiger charge is -2.09. The summed E-state index contributed by atoms with van der Waals surface area (Å²) >= 11 is 0. The van der Waals surface area contributed by atoms with Gasteiger partial charge < -0.3 is 15.2 Å². The van der Waals surface area contributed by atoms with Crippen molar-refractivity contribution < 1.29 is 27.8 Å². The maximum Gasteiger partial charge on any atom is 0.471 e. The van der Waals surface area contributed by atoms with Gasteiger partial charge in [0.2, 0.25) is 0 Å². The minimum Gasteiger partial charge on any atom is -0.492 e. The van der Waals surface area contributed by atoms with E-state index in [9.17, 15) is 18.0 Å². The highest BCUT2D eigenvalue weighted by molar-refractivity contribution is 5.81. The minimum atomic E-state index is -4.88. The largest absolute Gasteiger partial charge is 0.492 e. The van der Waals surface area contributed by atoms with Gasteiger partial charge in [0.25, 0.3) is 0 Å². The van der Waals surface area contributed by atoms with Crippen LogP contribution < -0.4 is 10.1 Å². The predicted octanol–water partition coefficient (Wildman–Crippen LogP) is 1.87. The topological polar surface area (TPSA) is 58.6 Å². The molecular weight excluding hydrogens is 299 g/mol. The average Bonchev–Trinajstić information content (AvgIpc) is 2.47. The standard InChI is InChI=1S/C15H16F3NO3/c16-15(17,18)14(21)19-8-10-22-13-7-4-6-12(11-13)5-2-1-3-9-20/h4,6-7,11,20H,1,3,8-10H2,(H,19,21). The molecule has 0 bridgehead atoms. The number of unbranched alkanes of at least 4 members (excludes halogenated alkanes) is 1. The molecule has 1 amide bonds. The number of aliphatic hydroxyl groups is 1. The zero-order valence-electron chi connectivity index (χ0n) is 11.7. The van der Waals surface area contributed by atoms with Crippen LogP contribution in [0.15, 0.2) is 24.3 Å². The molecule has 120 valence electrons. The SMILES string of the molecule is O=C(NCCOc1cccc(C#CCCCO)c1)C(F)(F)F. The molecule has 0 spiro atoms. The molecular formula is C15H16F3NO3. The molecule has 0 aliphatic rings. The first-order valence-corrected chi connectivity index (χ1v) is 6.61. The molecule has 7 heteroatoms. The van der Waals surface area contributed by atoms with Gasteiger partial charge in [-0.3, -0.25) is 4.79 Å². The van der Waals surface area contributed by atoms with E-state index in [0.717, 1.165) is 0 Å². The average molecular weight is 315 g/mol. The fourth-order valence-corrected chi connectivity index (χ4v) is 1.43. The molecule has 0 radical (unpaired) electrons. The van der Waals surface area contributed by atoms with E-state index >= 15 is 0 Å². The molecule has 0 heterocycles. The van der Waals surface area contributed by atoms with Crippen molar-refractivity contribution in [2.45, 2.75) is 19.0 Å². The van der Waals surface area contributed by atoms with Crippen molar-refractivity contribution in [1.82, 2.24) is 5.32 Å². The number of rotatable bonds is 6. The Hall–Kier alpha value is -2.20. The van der Waals surface area contributed by atoms with Crippen molar-refractivity contribution in [2.24, 2.45) is 0 Å². The van der Waals surface area contributed by atoms with Crippen LogP contribution in [0.25, 0.3) is 0 Å². The molecule has 1 aromatic rings. The highest BCUT2D eigenvalue weighted by Crippen LogP contribution is 2.14. The van der Waals surface area contributed by atoms with Gasteiger partial charge >= 0.3 is 12.1 Å². The predicted molar refractivity (Wildman–Crippen MR) is 74.2 cm³/mol. The van der Waals surface area contributed by atoms with E-state index in [1.165, 1.54) is 0 Å². The van der Waals surface area contributed by atoms with Crippen molar-refractivity contribution in [3.05, 3.63) is 29.8 Å². The van der Waals surface area contributed by atoms with E-state index < -0.39 is 12.1 Å². The van der Waals surface area contributed by atoms with Crippen molar-refractivity contribution in [3.8, 4) is 17.6 Å². The number of amides is 1. The molecule has 0 saturated heterocycles. The molecule has 4 nitrogen and oxygen atoms in total. The third kappa shape index (κ3) is 6.99. The molecule has 0 aliphatic heterocycles. The van der Waals surface area contributed by atoms with Gasteiger partial charge in [0, 0.05) is 18.6 Å². The molecule has 0 unspecified atom stereocenters. The Bertz CT molecular complexity index is 547. The number of aliphatic hydroxyl groups excluding tert-OH is 1. The van der Waals surface area contributed by atoms with Crippen LogP contribution in [0.1, 0.15) is 18.4 Å². The second-order valence-corrected chi connectivity index (χ2v) is 4.26. The van der Waals surface area contributed by atoms with Crippen molar-refractivity contribution in [3.63, 3.8) is 0 Å². The van der Waals surface area contributed by atoms with Crippen molar-refractivity contribution in [1.29, 1.82) is 0 Å². The van der Waals surface area contributed by atoms with E-state index in [4.69, 9.17) is 9.84 Å². The lowest BCUT2D eigenvalue weighted by molar-refractivity contribution is -0.173. The number of hydrogen-bond acceptors (Lipinski definition) is 3. The van der Waals surface area contributed by atoms with E-state index in [2.05, 4.69) is 11.8 Å². The van der Waals surface area contributed by atoms with Crippen LogP contribution in [0.2, 0.25) is 0 Å². The third-order valence-corrected chi connectivity index (χ3v) is 2.44. The van der Waals surface area contributed by atoms with E-state index in [-0.39, 0.29) is 19.8 Å². The summed E-state index contributed by atoms with van der Waals surface area (Å²) < 4.78 is 41.1. The molecule has 0 saturated carbocycles. The van der Waals surface area contributed by atoms with E-state index in [1.807, 2.05) is 0 Å². The Morgan fingerprint density at radius 2 is 2.14 bits per heavy atom. The van der Waals surface area contributed by atoms with Crippen molar-refractivity contribution in [2.75, 3.05) is 19.8 Å². The fraction of sp³-hybridized carbons (Fsp3) is 0.400. The number of carbonyl (C=O) groups is 1. The van der Waals surface area contributed by atoms with Gasteiger partial charge in [-0.25, -0.2) is 0 Å². The number of carbonyl (C=O) groups excluding carboxylic acids is 1. The third-order valence-electron chi connectivity index (χ3n) is 2.44. The normalized spacial score (nSPS) is 10.5. The van der Waals surface area contributed by atoms with Gasteiger partial charge in [-0.1, -0.05) is 17.9 Å². The lowest BCUT2D eigenvalue weighted by Crippen LogP contribution is -2.38. The Morgan fingerprint density at radius 1 is 1.36 bits per heavy atom. The molecule has 0 aliphatic carbocycles. The minimum absolute atomic E-state index is 0.0801. The molecule has 2 N–H and O–H groups in total. The summed E-state index contributed by atoms with van der Waals surface area (Å²) in [5.74, 6) is 4.24. The molecule has 1 aromatic carbocycles. The van der Waals surface area contributed by atoms with E-state index in [0.29, 0.717) is 24.2 Å². The summed E-state index contributed by atoms with van der Waals surface area (Å²) in [7, 11) is 0. The molecule has 0 fully saturated rings. The summed E-state index contributed by atoms with van der Waals surface area (Å²) in [6.07, 6.45) is -3.71. The number of alkyl halides is 3. The molecule has 0 aromatic heterocycles. The second-order valence-electron chi connectivity index (χ2n) is 4.26. The fourth-order valence-electron chi connectivity index (χ4n) is 1.43. The number of halogens is 3. The quantitative estimate of drug-likeness (QED) is 0.622. The number of ether oxygens (including phenoxy) is 1. The Labute approximate surface area is 126 Å². The van der Waals surface area contributed by atoms with Gasteiger partial charge in [-0.2, -0.15) is 13.2 Å². The van der Waals surface area contributed by atoms with Crippen molar-refractivity contribution >= 4 is 5.91 Å². The van der Waals surface area contributed by atoms with Crippen LogP contribution in [0.4, 0.5) is 13.2 Å². The zero-order valence-corrected chi connectivity index (χ0v) is 11.7. The van der Waals surface area contributed by atoms with Crippen LogP contribution in [0.5, 0.6) is 5.75 Å². The second kappa shape index (κ2) is 8.95. The Kier molecular flexibility index (Phi) is 7.26. The maximum atomic E-state index is 11.9. The highest BCUT2D eigenvalue weighted by Gasteiger charge is 2.38. The van der Waals surface area contributed by atoms with Crippen LogP contribution >= 0.6 is 0 Å². The first-order valence-electron chi connectivity index (χ1n) is 6.61. The van der Waals surface area contributed by atoms with Crippen LogP contribution in [-0.2, 0) is 4.79 Å². The molecule has 1 rings (SSSR count). The van der Waals surface area contributed by atoms with Gasteiger partial charge in [-0.05, 0) is 24.6 Å². The Balaban J connectivity index is 2.40. The summed E-state index contributed by atoms with van der Waals surface area (Å²) in [6.45, 7) is -0.241. The summed E-state index contributed by atoms with van der Waals surface area (Å²) in [6, 6.07) is 6.77. The first-order chi connectivity index (χ1) is 10.4. The van der Waals surface area contributed by atoms with Crippen LogP contribution in [-0.4, -0.2) is 36.9 Å². The lowest BCUT2D eigenvalue weighted by atomic mass is 10.2. The van der Waals surface area contributed by atoms with Gasteiger partial charge in [0.15, 0.2) is 0 Å². The summed E-state index contributed by atoms with van der Waals surface area (Å²) in [5, 5.41) is 10.3.